The molecule has 0 fully saturated rings. The van der Waals surface area contributed by atoms with E-state index in [1.54, 1.807) is 19.2 Å². The maximum atomic E-state index is 13.2. The first-order valence-corrected chi connectivity index (χ1v) is 7.03. The molecule has 1 aromatic heterocycles. The Morgan fingerprint density at radius 1 is 1.43 bits per heavy atom. The molecule has 0 spiro atoms. The van der Waals surface area contributed by atoms with E-state index in [0.29, 0.717) is 30.3 Å². The number of aromatic nitrogens is 2. The van der Waals surface area contributed by atoms with Gasteiger partial charge in [0, 0.05) is 25.1 Å². The van der Waals surface area contributed by atoms with E-state index in [9.17, 15) is 4.39 Å². The van der Waals surface area contributed by atoms with Gasteiger partial charge in [0.2, 0.25) is 11.7 Å². The lowest BCUT2D eigenvalue weighted by molar-refractivity contribution is 0.161. The molecule has 1 heterocycles. The SMILES string of the molecule is CCCNC(COC)Cc1nc(-c2cccc(F)c2)no1. The Hall–Kier alpha value is -1.79. The van der Waals surface area contributed by atoms with Crippen molar-refractivity contribution in [3.63, 3.8) is 0 Å². The van der Waals surface area contributed by atoms with Crippen LogP contribution in [-0.2, 0) is 11.2 Å². The second-order valence-corrected chi connectivity index (χ2v) is 4.83. The molecule has 0 aliphatic rings. The standard InChI is InChI=1S/C15H20FN3O2/c1-3-7-17-13(10-20-2)9-14-18-15(19-21-14)11-5-4-6-12(16)8-11/h4-6,8,13,17H,3,7,9-10H2,1-2H3. The van der Waals surface area contributed by atoms with Gasteiger partial charge in [-0.1, -0.05) is 24.2 Å². The first kappa shape index (κ1) is 15.6. The van der Waals surface area contributed by atoms with Crippen LogP contribution in [0.4, 0.5) is 4.39 Å². The van der Waals surface area contributed by atoms with Gasteiger partial charge in [0.05, 0.1) is 6.61 Å². The molecule has 0 aliphatic heterocycles. The van der Waals surface area contributed by atoms with Crippen LogP contribution in [0.5, 0.6) is 0 Å². The molecule has 0 bridgehead atoms. The van der Waals surface area contributed by atoms with E-state index in [-0.39, 0.29) is 11.9 Å². The number of hydrogen-bond acceptors (Lipinski definition) is 5. The number of nitrogens with one attached hydrogen (secondary N) is 1. The topological polar surface area (TPSA) is 60.2 Å². The molecule has 0 saturated carbocycles. The lowest BCUT2D eigenvalue weighted by atomic mass is 10.2. The summed E-state index contributed by atoms with van der Waals surface area (Å²) in [5.41, 5.74) is 0.606. The first-order valence-electron chi connectivity index (χ1n) is 7.03. The van der Waals surface area contributed by atoms with Crippen LogP contribution >= 0.6 is 0 Å². The van der Waals surface area contributed by atoms with Gasteiger partial charge >= 0.3 is 0 Å². The summed E-state index contributed by atoms with van der Waals surface area (Å²) >= 11 is 0. The van der Waals surface area contributed by atoms with E-state index in [0.717, 1.165) is 13.0 Å². The predicted molar refractivity (Wildman–Crippen MR) is 77.4 cm³/mol. The lowest BCUT2D eigenvalue weighted by Crippen LogP contribution is -2.35. The normalized spacial score (nSPS) is 12.5. The van der Waals surface area contributed by atoms with Crippen molar-refractivity contribution in [3.05, 3.63) is 36.0 Å². The number of rotatable bonds is 8. The molecule has 1 aromatic carbocycles. The number of ether oxygens (including phenoxy) is 1. The van der Waals surface area contributed by atoms with Crippen LogP contribution in [-0.4, -0.2) is 36.4 Å². The molecule has 1 atom stereocenters. The molecule has 6 heteroatoms. The molecule has 21 heavy (non-hydrogen) atoms. The highest BCUT2D eigenvalue weighted by molar-refractivity contribution is 5.53. The summed E-state index contributed by atoms with van der Waals surface area (Å²) in [6.07, 6.45) is 1.62. The van der Waals surface area contributed by atoms with Crippen molar-refractivity contribution in [1.82, 2.24) is 15.5 Å². The van der Waals surface area contributed by atoms with E-state index in [4.69, 9.17) is 9.26 Å². The van der Waals surface area contributed by atoms with E-state index in [1.165, 1.54) is 12.1 Å². The molecule has 0 amide bonds. The van der Waals surface area contributed by atoms with Gasteiger partial charge in [0.15, 0.2) is 0 Å². The Kier molecular flexibility index (Phi) is 5.83. The molecule has 1 unspecified atom stereocenters. The van der Waals surface area contributed by atoms with Crippen LogP contribution in [0.1, 0.15) is 19.2 Å². The smallest absolute Gasteiger partial charge is 0.228 e. The van der Waals surface area contributed by atoms with Crippen molar-refractivity contribution in [2.45, 2.75) is 25.8 Å². The van der Waals surface area contributed by atoms with Crippen molar-refractivity contribution in [2.24, 2.45) is 0 Å². The van der Waals surface area contributed by atoms with Crippen molar-refractivity contribution in [2.75, 3.05) is 20.3 Å². The summed E-state index contributed by atoms with van der Waals surface area (Å²) < 4.78 is 23.6. The lowest BCUT2D eigenvalue weighted by Gasteiger charge is -2.15. The van der Waals surface area contributed by atoms with Crippen LogP contribution in [0.15, 0.2) is 28.8 Å². The Morgan fingerprint density at radius 3 is 3.00 bits per heavy atom. The molecular formula is C15H20FN3O2. The number of hydrogen-bond donors (Lipinski definition) is 1. The summed E-state index contributed by atoms with van der Waals surface area (Å²) in [5, 5.41) is 7.26. The molecule has 2 rings (SSSR count). The molecule has 0 aliphatic carbocycles. The van der Waals surface area contributed by atoms with Gasteiger partial charge in [-0.05, 0) is 25.1 Å². The highest BCUT2D eigenvalue weighted by Crippen LogP contribution is 2.17. The number of halogens is 1. The number of benzene rings is 1. The molecule has 0 saturated heterocycles. The van der Waals surface area contributed by atoms with Crippen LogP contribution in [0.2, 0.25) is 0 Å². The molecule has 1 N–H and O–H groups in total. The van der Waals surface area contributed by atoms with E-state index >= 15 is 0 Å². The van der Waals surface area contributed by atoms with E-state index < -0.39 is 0 Å². The third-order valence-electron chi connectivity index (χ3n) is 3.02. The van der Waals surface area contributed by atoms with Crippen molar-refractivity contribution < 1.29 is 13.7 Å². The summed E-state index contributed by atoms with van der Waals surface area (Å²) in [7, 11) is 1.66. The zero-order valence-electron chi connectivity index (χ0n) is 12.3. The first-order chi connectivity index (χ1) is 10.2. The zero-order chi connectivity index (χ0) is 15.1. The Balaban J connectivity index is 2.04. The molecule has 2 aromatic rings. The fourth-order valence-corrected chi connectivity index (χ4v) is 2.03. The van der Waals surface area contributed by atoms with Gasteiger partial charge in [-0.2, -0.15) is 4.98 Å². The Labute approximate surface area is 123 Å². The highest BCUT2D eigenvalue weighted by atomic mass is 19.1. The highest BCUT2D eigenvalue weighted by Gasteiger charge is 2.15. The Morgan fingerprint density at radius 2 is 2.29 bits per heavy atom. The summed E-state index contributed by atoms with van der Waals surface area (Å²) in [6.45, 7) is 3.57. The molecule has 5 nitrogen and oxygen atoms in total. The van der Waals surface area contributed by atoms with Gasteiger partial charge in [-0.3, -0.25) is 0 Å². The fourth-order valence-electron chi connectivity index (χ4n) is 2.03. The van der Waals surface area contributed by atoms with Crippen LogP contribution in [0, 0.1) is 5.82 Å². The molecule has 0 radical (unpaired) electrons. The average molecular weight is 293 g/mol. The van der Waals surface area contributed by atoms with Gasteiger partial charge in [-0.15, -0.1) is 0 Å². The van der Waals surface area contributed by atoms with Gasteiger partial charge in [-0.25, -0.2) is 4.39 Å². The minimum Gasteiger partial charge on any atom is -0.383 e. The summed E-state index contributed by atoms with van der Waals surface area (Å²) in [4.78, 5) is 4.31. The van der Waals surface area contributed by atoms with Crippen molar-refractivity contribution in [3.8, 4) is 11.4 Å². The van der Waals surface area contributed by atoms with Gasteiger partial charge in [0.25, 0.3) is 0 Å². The third-order valence-corrected chi connectivity index (χ3v) is 3.02. The number of methoxy groups -OCH3 is 1. The summed E-state index contributed by atoms with van der Waals surface area (Å²) in [6, 6.07) is 6.26. The van der Waals surface area contributed by atoms with Crippen LogP contribution < -0.4 is 5.32 Å². The predicted octanol–water partition coefficient (Wildman–Crippen LogP) is 2.43. The zero-order valence-corrected chi connectivity index (χ0v) is 12.3. The maximum Gasteiger partial charge on any atom is 0.228 e. The third kappa shape index (κ3) is 4.61. The van der Waals surface area contributed by atoms with Gasteiger partial charge < -0.3 is 14.6 Å². The quantitative estimate of drug-likeness (QED) is 0.810. The van der Waals surface area contributed by atoms with Crippen LogP contribution in [0.3, 0.4) is 0 Å². The summed E-state index contributed by atoms with van der Waals surface area (Å²) in [5.74, 6) is 0.594. The van der Waals surface area contributed by atoms with E-state index in [1.807, 2.05) is 0 Å². The van der Waals surface area contributed by atoms with E-state index in [2.05, 4.69) is 22.4 Å². The largest absolute Gasteiger partial charge is 0.383 e. The monoisotopic (exact) mass is 293 g/mol. The average Bonchev–Trinajstić information content (AvgIpc) is 2.93. The minimum atomic E-state index is -0.319. The van der Waals surface area contributed by atoms with Crippen molar-refractivity contribution >= 4 is 0 Å². The molecule has 114 valence electrons. The van der Waals surface area contributed by atoms with Gasteiger partial charge in [0.1, 0.15) is 5.82 Å². The second-order valence-electron chi connectivity index (χ2n) is 4.83. The maximum absolute atomic E-state index is 13.2. The number of nitrogens with zero attached hydrogens (tertiary/aromatic N) is 2. The van der Waals surface area contributed by atoms with Crippen LogP contribution in [0.25, 0.3) is 11.4 Å². The minimum absolute atomic E-state index is 0.121. The Bertz CT molecular complexity index is 559. The molecular weight excluding hydrogens is 273 g/mol. The second kappa shape index (κ2) is 7.85. The fraction of sp³-hybridized carbons (Fsp3) is 0.467. The van der Waals surface area contributed by atoms with Crippen molar-refractivity contribution in [1.29, 1.82) is 0 Å².